The normalized spacial score (nSPS) is 16.9. The zero-order valence-corrected chi connectivity index (χ0v) is 15.4. The van der Waals surface area contributed by atoms with Gasteiger partial charge in [-0.1, -0.05) is 6.07 Å². The molecule has 2 aliphatic rings. The monoisotopic (exact) mass is 371 g/mol. The summed E-state index contributed by atoms with van der Waals surface area (Å²) in [5.41, 5.74) is 3.07. The molecular weight excluding hydrogens is 349 g/mol. The Morgan fingerprint density at radius 1 is 1.33 bits per heavy atom. The highest BCUT2D eigenvalue weighted by atomic mass is 19.1. The fraction of sp³-hybridized carbons (Fsp3) is 0.450. The molecule has 1 atom stereocenters. The van der Waals surface area contributed by atoms with Gasteiger partial charge in [0.15, 0.2) is 5.69 Å². The van der Waals surface area contributed by atoms with Crippen LogP contribution in [0.15, 0.2) is 18.2 Å². The Balaban J connectivity index is 1.78. The van der Waals surface area contributed by atoms with E-state index in [2.05, 4.69) is 5.10 Å². The summed E-state index contributed by atoms with van der Waals surface area (Å²) >= 11 is 0. The average Bonchev–Trinajstić information content (AvgIpc) is 3.20. The molecule has 0 saturated heterocycles. The maximum absolute atomic E-state index is 14.5. The molecular formula is C20H22FN3O3. The summed E-state index contributed by atoms with van der Waals surface area (Å²) in [6.07, 6.45) is 3.90. The predicted molar refractivity (Wildman–Crippen MR) is 96.6 cm³/mol. The molecule has 1 N–H and O–H groups in total. The minimum atomic E-state index is -1.03. The second kappa shape index (κ2) is 6.48. The Labute approximate surface area is 156 Å². The van der Waals surface area contributed by atoms with Crippen LogP contribution in [0, 0.1) is 12.7 Å². The molecule has 27 heavy (non-hydrogen) atoms. The lowest BCUT2D eigenvalue weighted by molar-refractivity contribution is -0.141. The minimum Gasteiger partial charge on any atom is -0.480 e. The van der Waals surface area contributed by atoms with E-state index < -0.39 is 12.0 Å². The van der Waals surface area contributed by atoms with Crippen molar-refractivity contribution in [1.29, 1.82) is 0 Å². The molecule has 4 rings (SSSR count). The number of benzene rings is 1. The van der Waals surface area contributed by atoms with E-state index in [1.54, 1.807) is 6.07 Å². The van der Waals surface area contributed by atoms with E-state index in [4.69, 9.17) is 0 Å². The third-order valence-corrected chi connectivity index (χ3v) is 5.41. The zero-order chi connectivity index (χ0) is 19.3. The first kappa shape index (κ1) is 17.7. The number of carbonyl (C=O) groups is 2. The number of hydrogen-bond donors (Lipinski definition) is 1. The van der Waals surface area contributed by atoms with E-state index in [1.807, 2.05) is 13.0 Å². The molecule has 1 heterocycles. The van der Waals surface area contributed by atoms with Gasteiger partial charge in [0.1, 0.15) is 17.5 Å². The molecule has 0 spiro atoms. The Hall–Kier alpha value is -2.70. The number of hydrogen-bond acceptors (Lipinski definition) is 3. The van der Waals surface area contributed by atoms with Crippen LogP contribution in [0.25, 0.3) is 5.69 Å². The van der Waals surface area contributed by atoms with E-state index in [0.717, 1.165) is 42.5 Å². The van der Waals surface area contributed by atoms with Crippen molar-refractivity contribution >= 4 is 11.9 Å². The highest BCUT2D eigenvalue weighted by molar-refractivity contribution is 5.97. The third kappa shape index (κ3) is 3.01. The lowest BCUT2D eigenvalue weighted by Gasteiger charge is -2.26. The molecule has 0 aliphatic heterocycles. The molecule has 1 amide bonds. The van der Waals surface area contributed by atoms with E-state index in [-0.39, 0.29) is 23.5 Å². The summed E-state index contributed by atoms with van der Waals surface area (Å²) in [5, 5.41) is 13.9. The molecule has 1 saturated carbocycles. The SMILES string of the molecule is Cc1ccc(-n2nc(C(=O)N(C3CC3)C(C)C(=O)O)c3c2CCC3)c(F)c1. The second-order valence-electron chi connectivity index (χ2n) is 7.45. The van der Waals surface area contributed by atoms with Crippen LogP contribution in [0.2, 0.25) is 0 Å². The van der Waals surface area contributed by atoms with Crippen molar-refractivity contribution in [2.75, 3.05) is 0 Å². The number of aromatic nitrogens is 2. The third-order valence-electron chi connectivity index (χ3n) is 5.41. The number of halogens is 1. The van der Waals surface area contributed by atoms with Gasteiger partial charge >= 0.3 is 5.97 Å². The first-order valence-corrected chi connectivity index (χ1v) is 9.31. The van der Waals surface area contributed by atoms with Crippen LogP contribution in [0.3, 0.4) is 0 Å². The molecule has 1 aromatic heterocycles. The van der Waals surface area contributed by atoms with Gasteiger partial charge in [0.05, 0.1) is 0 Å². The average molecular weight is 371 g/mol. The van der Waals surface area contributed by atoms with Crippen LogP contribution < -0.4 is 0 Å². The van der Waals surface area contributed by atoms with Crippen molar-refractivity contribution in [2.45, 2.75) is 58.0 Å². The largest absolute Gasteiger partial charge is 0.480 e. The van der Waals surface area contributed by atoms with Crippen LogP contribution in [0.5, 0.6) is 0 Å². The van der Waals surface area contributed by atoms with Crippen molar-refractivity contribution in [3.05, 3.63) is 46.5 Å². The fourth-order valence-corrected chi connectivity index (χ4v) is 3.84. The van der Waals surface area contributed by atoms with Crippen molar-refractivity contribution in [3.63, 3.8) is 0 Å². The van der Waals surface area contributed by atoms with Crippen LogP contribution in [-0.2, 0) is 17.6 Å². The van der Waals surface area contributed by atoms with Gasteiger partial charge in [0, 0.05) is 17.3 Å². The summed E-state index contributed by atoms with van der Waals surface area (Å²) in [5.74, 6) is -1.78. The number of fused-ring (bicyclic) bond motifs is 1. The fourth-order valence-electron chi connectivity index (χ4n) is 3.84. The van der Waals surface area contributed by atoms with Gasteiger partial charge in [0.25, 0.3) is 5.91 Å². The number of carboxylic acid groups (broad SMARTS) is 1. The molecule has 2 aromatic rings. The molecule has 2 aliphatic carbocycles. The molecule has 7 heteroatoms. The Morgan fingerprint density at radius 3 is 2.70 bits per heavy atom. The molecule has 1 fully saturated rings. The molecule has 1 unspecified atom stereocenters. The smallest absolute Gasteiger partial charge is 0.326 e. The van der Waals surface area contributed by atoms with Gasteiger partial charge in [-0.2, -0.15) is 5.10 Å². The highest BCUT2D eigenvalue weighted by Crippen LogP contribution is 2.34. The Bertz CT molecular complexity index is 933. The number of carboxylic acids is 1. The topological polar surface area (TPSA) is 75.4 Å². The lowest BCUT2D eigenvalue weighted by atomic mass is 10.1. The van der Waals surface area contributed by atoms with Crippen molar-refractivity contribution < 1.29 is 19.1 Å². The molecule has 0 bridgehead atoms. The summed E-state index contributed by atoms with van der Waals surface area (Å²) < 4.78 is 16.0. The summed E-state index contributed by atoms with van der Waals surface area (Å²) in [6.45, 7) is 3.34. The number of aryl methyl sites for hydroxylation is 1. The quantitative estimate of drug-likeness (QED) is 0.877. The molecule has 6 nitrogen and oxygen atoms in total. The highest BCUT2D eigenvalue weighted by Gasteiger charge is 2.41. The van der Waals surface area contributed by atoms with Crippen molar-refractivity contribution in [2.24, 2.45) is 0 Å². The summed E-state index contributed by atoms with van der Waals surface area (Å²) in [7, 11) is 0. The molecule has 142 valence electrons. The maximum atomic E-state index is 14.5. The second-order valence-corrected chi connectivity index (χ2v) is 7.45. The van der Waals surface area contributed by atoms with Crippen molar-refractivity contribution in [3.8, 4) is 5.69 Å². The van der Waals surface area contributed by atoms with E-state index >= 15 is 0 Å². The molecule has 1 aromatic carbocycles. The number of carbonyl (C=O) groups excluding carboxylic acids is 1. The summed E-state index contributed by atoms with van der Waals surface area (Å²) in [6, 6.07) is 3.96. The number of nitrogens with zero attached hydrogens (tertiary/aromatic N) is 3. The lowest BCUT2D eigenvalue weighted by Crippen LogP contribution is -2.45. The standard InChI is InChI=1S/C20H22FN3O3/c1-11-6-9-17(15(21)10-11)24-16-5-3-4-14(16)18(22-24)19(25)23(13-7-8-13)12(2)20(26)27/h6,9-10,12-13H,3-5,7-8H2,1-2H3,(H,26,27). The number of rotatable bonds is 5. The Kier molecular flexibility index (Phi) is 4.25. The van der Waals surface area contributed by atoms with Crippen LogP contribution in [-0.4, -0.2) is 43.7 Å². The van der Waals surface area contributed by atoms with Crippen LogP contribution >= 0.6 is 0 Å². The number of amides is 1. The van der Waals surface area contributed by atoms with Gasteiger partial charge in [-0.15, -0.1) is 0 Å². The van der Waals surface area contributed by atoms with Crippen molar-refractivity contribution in [1.82, 2.24) is 14.7 Å². The predicted octanol–water partition coefficient (Wildman–Crippen LogP) is 2.89. The minimum absolute atomic E-state index is 0.0538. The molecule has 0 radical (unpaired) electrons. The van der Waals surface area contributed by atoms with E-state index in [0.29, 0.717) is 12.1 Å². The van der Waals surface area contributed by atoms with E-state index in [9.17, 15) is 19.1 Å². The summed E-state index contributed by atoms with van der Waals surface area (Å²) in [4.78, 5) is 26.1. The van der Waals surface area contributed by atoms with Gasteiger partial charge in [-0.05, 0) is 63.6 Å². The maximum Gasteiger partial charge on any atom is 0.326 e. The van der Waals surface area contributed by atoms with Crippen LogP contribution in [0.1, 0.15) is 53.5 Å². The van der Waals surface area contributed by atoms with Gasteiger partial charge in [0.2, 0.25) is 0 Å². The zero-order valence-electron chi connectivity index (χ0n) is 15.4. The van der Waals surface area contributed by atoms with Gasteiger partial charge in [-0.3, -0.25) is 4.79 Å². The van der Waals surface area contributed by atoms with E-state index in [1.165, 1.54) is 22.6 Å². The first-order chi connectivity index (χ1) is 12.9. The van der Waals surface area contributed by atoms with Gasteiger partial charge < -0.3 is 10.0 Å². The van der Waals surface area contributed by atoms with Gasteiger partial charge in [-0.25, -0.2) is 13.9 Å². The number of aliphatic carboxylic acids is 1. The van der Waals surface area contributed by atoms with Crippen LogP contribution in [0.4, 0.5) is 4.39 Å². The Morgan fingerprint density at radius 2 is 2.07 bits per heavy atom. The first-order valence-electron chi connectivity index (χ1n) is 9.31.